The van der Waals surface area contributed by atoms with Gasteiger partial charge in [0.1, 0.15) is 0 Å². The first-order chi connectivity index (χ1) is 14.3. The van der Waals surface area contributed by atoms with Gasteiger partial charge in [0.2, 0.25) is 0 Å². The molecule has 0 aliphatic rings. The van der Waals surface area contributed by atoms with Crippen LogP contribution in [0.15, 0.2) is 63.7 Å². The van der Waals surface area contributed by atoms with E-state index in [1.54, 1.807) is 35.7 Å². The Hall–Kier alpha value is -2.66. The number of aromatic amines is 1. The van der Waals surface area contributed by atoms with E-state index in [1.807, 2.05) is 0 Å². The number of rotatable bonds is 6. The molecule has 4 rings (SSSR count). The molecule has 8 nitrogen and oxygen atoms in total. The van der Waals surface area contributed by atoms with Gasteiger partial charge < -0.3 is 0 Å². The minimum atomic E-state index is -3.77. The van der Waals surface area contributed by atoms with Crippen molar-refractivity contribution in [3.63, 3.8) is 0 Å². The van der Waals surface area contributed by atoms with Gasteiger partial charge >= 0.3 is 5.69 Å². The molecule has 0 fully saturated rings. The zero-order chi connectivity index (χ0) is 21.3. The molecular formula is C18H13Cl2N5O3S2. The summed E-state index contributed by atoms with van der Waals surface area (Å²) in [7, 11) is -3.77. The Kier molecular flexibility index (Phi) is 5.65. The first-order valence-electron chi connectivity index (χ1n) is 8.45. The van der Waals surface area contributed by atoms with Gasteiger partial charge in [-0.15, -0.1) is 11.3 Å². The summed E-state index contributed by atoms with van der Waals surface area (Å²) < 4.78 is 28.8. The van der Waals surface area contributed by atoms with Gasteiger partial charge in [-0.2, -0.15) is 5.10 Å². The van der Waals surface area contributed by atoms with E-state index >= 15 is 0 Å². The average Bonchev–Trinajstić information content (AvgIpc) is 3.35. The highest BCUT2D eigenvalue weighted by Crippen LogP contribution is 2.25. The Morgan fingerprint density at radius 1 is 1.10 bits per heavy atom. The molecule has 0 amide bonds. The summed E-state index contributed by atoms with van der Waals surface area (Å²) in [5.74, 6) is 0.364. The maximum Gasteiger partial charge on any atom is 0.343 e. The molecule has 154 valence electrons. The molecule has 12 heteroatoms. The van der Waals surface area contributed by atoms with Gasteiger partial charge in [-0.25, -0.2) is 23.3 Å². The van der Waals surface area contributed by atoms with Gasteiger partial charge in [0, 0.05) is 17.1 Å². The lowest BCUT2D eigenvalue weighted by atomic mass is 10.2. The maximum absolute atomic E-state index is 12.5. The lowest BCUT2D eigenvalue weighted by molar-refractivity contribution is 0.601. The summed E-state index contributed by atoms with van der Waals surface area (Å²) in [4.78, 5) is 16.2. The molecule has 2 heterocycles. The number of benzene rings is 2. The molecule has 0 saturated heterocycles. The molecule has 4 aromatic rings. The Labute approximate surface area is 185 Å². The summed E-state index contributed by atoms with van der Waals surface area (Å²) in [6.07, 6.45) is 1.51. The van der Waals surface area contributed by atoms with Crippen molar-refractivity contribution in [2.45, 2.75) is 11.4 Å². The van der Waals surface area contributed by atoms with Crippen LogP contribution in [0.1, 0.15) is 5.56 Å². The first kappa shape index (κ1) is 20.6. The molecule has 2 aromatic carbocycles. The summed E-state index contributed by atoms with van der Waals surface area (Å²) in [5, 5.41) is 9.24. The predicted octanol–water partition coefficient (Wildman–Crippen LogP) is 3.85. The van der Waals surface area contributed by atoms with Crippen LogP contribution in [-0.2, 0) is 16.6 Å². The predicted molar refractivity (Wildman–Crippen MR) is 117 cm³/mol. The largest absolute Gasteiger partial charge is 0.343 e. The van der Waals surface area contributed by atoms with Crippen molar-refractivity contribution in [2.24, 2.45) is 0 Å². The molecule has 30 heavy (non-hydrogen) atoms. The van der Waals surface area contributed by atoms with Crippen molar-refractivity contribution < 1.29 is 8.42 Å². The molecule has 2 aromatic heterocycles. The smallest absolute Gasteiger partial charge is 0.271 e. The molecule has 0 atom stereocenters. The number of thiazole rings is 1. The summed E-state index contributed by atoms with van der Waals surface area (Å²) in [6.45, 7) is 0.215. The van der Waals surface area contributed by atoms with E-state index < -0.39 is 15.7 Å². The fourth-order valence-electron chi connectivity index (χ4n) is 2.74. The van der Waals surface area contributed by atoms with Crippen LogP contribution in [0.4, 0.5) is 5.13 Å². The number of halogens is 2. The number of nitrogens with one attached hydrogen (secondary N) is 2. The molecule has 0 aliphatic carbocycles. The van der Waals surface area contributed by atoms with E-state index in [2.05, 4.69) is 19.9 Å². The minimum absolute atomic E-state index is 0.0652. The Balaban J connectivity index is 1.62. The number of sulfonamides is 1. The Morgan fingerprint density at radius 2 is 1.87 bits per heavy atom. The van der Waals surface area contributed by atoms with Crippen molar-refractivity contribution in [3.8, 4) is 11.4 Å². The first-order valence-corrected chi connectivity index (χ1v) is 11.6. The molecule has 0 unspecified atom stereocenters. The summed E-state index contributed by atoms with van der Waals surface area (Å²) in [6, 6.07) is 11.1. The van der Waals surface area contributed by atoms with E-state index in [9.17, 15) is 13.2 Å². The summed E-state index contributed by atoms with van der Waals surface area (Å²) in [5.41, 5.74) is 0.931. The lowest BCUT2D eigenvalue weighted by Gasteiger charge is -2.09. The van der Waals surface area contributed by atoms with Gasteiger partial charge in [-0.3, -0.25) is 9.29 Å². The molecule has 0 bridgehead atoms. The monoisotopic (exact) mass is 481 g/mol. The van der Waals surface area contributed by atoms with Crippen LogP contribution >= 0.6 is 34.5 Å². The van der Waals surface area contributed by atoms with E-state index in [0.29, 0.717) is 21.4 Å². The topological polar surface area (TPSA) is 110 Å². The SMILES string of the molecule is O=c1[nH]nc(-c2ccc(S(=O)(=O)Nc3nccs3)cc2)n1Cc1ccc(Cl)c(Cl)c1. The number of anilines is 1. The zero-order valence-electron chi connectivity index (χ0n) is 15.0. The van der Waals surface area contributed by atoms with E-state index in [0.717, 1.165) is 5.56 Å². The molecular weight excluding hydrogens is 469 g/mol. The number of H-pyrrole nitrogens is 1. The highest BCUT2D eigenvalue weighted by molar-refractivity contribution is 7.93. The van der Waals surface area contributed by atoms with Crippen LogP contribution in [0.5, 0.6) is 0 Å². The molecule has 0 saturated carbocycles. The maximum atomic E-state index is 12.5. The number of aromatic nitrogens is 4. The van der Waals surface area contributed by atoms with Crippen LogP contribution in [0.3, 0.4) is 0 Å². The van der Waals surface area contributed by atoms with Gasteiger partial charge in [0.25, 0.3) is 10.0 Å². The highest BCUT2D eigenvalue weighted by Gasteiger charge is 2.17. The van der Waals surface area contributed by atoms with Gasteiger partial charge in [0.15, 0.2) is 11.0 Å². The number of hydrogen-bond acceptors (Lipinski definition) is 6. The molecule has 0 spiro atoms. The van der Waals surface area contributed by atoms with Crippen LogP contribution in [0, 0.1) is 0 Å². The fraction of sp³-hybridized carbons (Fsp3) is 0.0556. The minimum Gasteiger partial charge on any atom is -0.271 e. The van der Waals surface area contributed by atoms with Gasteiger partial charge in [-0.05, 0) is 42.0 Å². The molecule has 0 aliphatic heterocycles. The summed E-state index contributed by atoms with van der Waals surface area (Å²) >= 11 is 13.2. The number of nitrogens with zero attached hydrogens (tertiary/aromatic N) is 3. The van der Waals surface area contributed by atoms with Crippen LogP contribution < -0.4 is 10.4 Å². The van der Waals surface area contributed by atoms with Gasteiger partial charge in [-0.1, -0.05) is 29.3 Å². The molecule has 0 radical (unpaired) electrons. The standard InChI is InChI=1S/C18H13Cl2N5O3S2/c19-14-6-1-11(9-15(14)20)10-25-16(22-23-18(25)26)12-2-4-13(5-3-12)30(27,28)24-17-21-7-8-29-17/h1-9H,10H2,(H,21,24)(H,23,26). The number of hydrogen-bond donors (Lipinski definition) is 2. The van der Waals surface area contributed by atoms with Crippen LogP contribution in [0.25, 0.3) is 11.4 Å². The third kappa shape index (κ3) is 4.26. The quantitative estimate of drug-likeness (QED) is 0.434. The van der Waals surface area contributed by atoms with Gasteiger partial charge in [0.05, 0.1) is 21.5 Å². The van der Waals surface area contributed by atoms with Crippen molar-refractivity contribution in [3.05, 3.63) is 80.1 Å². The van der Waals surface area contributed by atoms with E-state index in [-0.39, 0.29) is 16.6 Å². The third-order valence-electron chi connectivity index (χ3n) is 4.16. The second kappa shape index (κ2) is 8.23. The Bertz CT molecular complexity index is 1350. The van der Waals surface area contributed by atoms with Crippen LogP contribution in [-0.4, -0.2) is 28.2 Å². The zero-order valence-corrected chi connectivity index (χ0v) is 18.2. The molecule has 2 N–H and O–H groups in total. The Morgan fingerprint density at radius 3 is 2.53 bits per heavy atom. The third-order valence-corrected chi connectivity index (χ3v) is 7.07. The highest BCUT2D eigenvalue weighted by atomic mass is 35.5. The lowest BCUT2D eigenvalue weighted by Crippen LogP contribution is -2.18. The van der Waals surface area contributed by atoms with Crippen molar-refractivity contribution in [2.75, 3.05) is 4.72 Å². The average molecular weight is 482 g/mol. The van der Waals surface area contributed by atoms with Crippen LogP contribution in [0.2, 0.25) is 10.0 Å². The second-order valence-corrected chi connectivity index (χ2v) is 9.55. The second-order valence-electron chi connectivity index (χ2n) is 6.15. The van der Waals surface area contributed by atoms with Crippen molar-refractivity contribution in [1.82, 2.24) is 19.7 Å². The van der Waals surface area contributed by atoms with Crippen molar-refractivity contribution >= 4 is 49.7 Å². The normalized spacial score (nSPS) is 11.5. The van der Waals surface area contributed by atoms with Crippen molar-refractivity contribution in [1.29, 1.82) is 0 Å². The fourth-order valence-corrected chi connectivity index (χ4v) is 4.85. The van der Waals surface area contributed by atoms with E-state index in [4.69, 9.17) is 23.2 Å². The van der Waals surface area contributed by atoms with E-state index in [1.165, 1.54) is 34.2 Å².